The first-order valence-corrected chi connectivity index (χ1v) is 8.42. The number of hydrogen-bond donors (Lipinski definition) is 1. The zero-order chi connectivity index (χ0) is 18.7. The predicted molar refractivity (Wildman–Crippen MR) is 95.0 cm³/mol. The fourth-order valence-corrected chi connectivity index (χ4v) is 3.40. The van der Waals surface area contributed by atoms with Crippen molar-refractivity contribution < 1.29 is 23.8 Å². The van der Waals surface area contributed by atoms with Crippen LogP contribution in [0.5, 0.6) is 5.75 Å². The summed E-state index contributed by atoms with van der Waals surface area (Å²) in [6, 6.07) is 12.3. The van der Waals surface area contributed by atoms with Crippen LogP contribution >= 0.6 is 11.3 Å². The van der Waals surface area contributed by atoms with Crippen molar-refractivity contribution in [1.82, 2.24) is 0 Å². The van der Waals surface area contributed by atoms with E-state index in [0.29, 0.717) is 16.9 Å². The van der Waals surface area contributed by atoms with Gasteiger partial charge in [-0.2, -0.15) is 0 Å². The van der Waals surface area contributed by atoms with Crippen molar-refractivity contribution in [2.45, 2.75) is 0 Å². The van der Waals surface area contributed by atoms with E-state index in [9.17, 15) is 19.1 Å². The van der Waals surface area contributed by atoms with Gasteiger partial charge in [0.05, 0.1) is 18.6 Å². The number of thiophene rings is 1. The van der Waals surface area contributed by atoms with Crippen LogP contribution in [0.15, 0.2) is 53.9 Å². The lowest BCUT2D eigenvalue weighted by atomic mass is 10.0. The van der Waals surface area contributed by atoms with Crippen LogP contribution in [0.2, 0.25) is 0 Å². The fourth-order valence-electron chi connectivity index (χ4n) is 2.45. The predicted octanol–water partition coefficient (Wildman–Crippen LogP) is 3.18. The van der Waals surface area contributed by atoms with Gasteiger partial charge in [0, 0.05) is 16.5 Å². The highest BCUT2D eigenvalue weighted by Crippen LogP contribution is 2.36. The number of ether oxygens (including phenoxy) is 1. The highest BCUT2D eigenvalue weighted by atomic mass is 32.1. The summed E-state index contributed by atoms with van der Waals surface area (Å²) in [7, 11) is 1.53. The molecular formula is C19H13FNO4S-. The minimum Gasteiger partial charge on any atom is -0.545 e. The zero-order valence-electron chi connectivity index (χ0n) is 13.6. The van der Waals surface area contributed by atoms with Crippen molar-refractivity contribution in [2.75, 3.05) is 12.4 Å². The number of carboxylic acid groups (broad SMARTS) is 1. The van der Waals surface area contributed by atoms with Crippen molar-refractivity contribution in [1.29, 1.82) is 0 Å². The van der Waals surface area contributed by atoms with Crippen molar-refractivity contribution in [3.8, 4) is 16.9 Å². The van der Waals surface area contributed by atoms with Crippen molar-refractivity contribution in [3.63, 3.8) is 0 Å². The third-order valence-corrected chi connectivity index (χ3v) is 4.64. The Kier molecular flexibility index (Phi) is 4.99. The highest BCUT2D eigenvalue weighted by Gasteiger charge is 2.18. The van der Waals surface area contributed by atoms with E-state index in [1.54, 1.807) is 29.6 Å². The Hall–Kier alpha value is -3.19. The molecule has 0 saturated carbocycles. The van der Waals surface area contributed by atoms with Crippen LogP contribution in [0.3, 0.4) is 0 Å². The number of halogens is 1. The molecule has 132 valence electrons. The summed E-state index contributed by atoms with van der Waals surface area (Å²) in [6.45, 7) is 0. The molecule has 26 heavy (non-hydrogen) atoms. The third kappa shape index (κ3) is 3.43. The summed E-state index contributed by atoms with van der Waals surface area (Å²) < 4.78 is 18.8. The minimum absolute atomic E-state index is 0.0871. The number of anilines is 1. The molecule has 0 spiro atoms. The Labute approximate surface area is 152 Å². The Balaban J connectivity index is 1.96. The van der Waals surface area contributed by atoms with E-state index >= 15 is 0 Å². The standard InChI is InChI=1S/C19H14FNO4S/c1-25-12-8-6-11(7-9-12)14-10-26-18(16(14)19(23)24)21-17(22)13-4-2-3-5-15(13)20/h2-10H,1H3,(H,21,22)(H,23,24)/p-1. The quantitative estimate of drug-likeness (QED) is 0.748. The second kappa shape index (κ2) is 7.37. The average Bonchev–Trinajstić information content (AvgIpc) is 3.06. The first kappa shape index (κ1) is 17.6. The molecule has 0 atom stereocenters. The number of carbonyl (C=O) groups excluding carboxylic acids is 2. The lowest BCUT2D eigenvalue weighted by Crippen LogP contribution is -2.24. The molecule has 3 aromatic rings. The summed E-state index contributed by atoms with van der Waals surface area (Å²) in [5, 5.41) is 15.8. The summed E-state index contributed by atoms with van der Waals surface area (Å²) >= 11 is 1.03. The lowest BCUT2D eigenvalue weighted by molar-refractivity contribution is -0.254. The molecule has 0 aliphatic heterocycles. The number of benzene rings is 2. The van der Waals surface area contributed by atoms with Crippen LogP contribution < -0.4 is 15.2 Å². The molecule has 0 aliphatic carbocycles. The number of amides is 1. The van der Waals surface area contributed by atoms with Gasteiger partial charge in [-0.1, -0.05) is 24.3 Å². The van der Waals surface area contributed by atoms with E-state index in [4.69, 9.17) is 4.74 Å². The maximum absolute atomic E-state index is 13.7. The molecule has 1 amide bonds. The first-order chi connectivity index (χ1) is 12.5. The molecule has 0 fully saturated rings. The Morgan fingerprint density at radius 1 is 1.12 bits per heavy atom. The summed E-state index contributed by atoms with van der Waals surface area (Å²) in [4.78, 5) is 23.9. The number of nitrogens with one attached hydrogen (secondary N) is 1. The van der Waals surface area contributed by atoms with Gasteiger partial charge in [0.15, 0.2) is 0 Å². The summed E-state index contributed by atoms with van der Waals surface area (Å²) in [5.74, 6) is -2.21. The summed E-state index contributed by atoms with van der Waals surface area (Å²) in [6.07, 6.45) is 0. The van der Waals surface area contributed by atoms with E-state index in [-0.39, 0.29) is 16.1 Å². The number of aromatic carboxylic acids is 1. The molecule has 3 rings (SSSR count). The van der Waals surface area contributed by atoms with Gasteiger partial charge in [0.1, 0.15) is 16.6 Å². The lowest BCUT2D eigenvalue weighted by Gasteiger charge is -2.10. The van der Waals surface area contributed by atoms with E-state index in [2.05, 4.69) is 5.32 Å². The molecule has 7 heteroatoms. The number of carboxylic acids is 1. The Bertz CT molecular complexity index is 966. The molecule has 0 radical (unpaired) electrons. The van der Waals surface area contributed by atoms with Gasteiger partial charge in [-0.3, -0.25) is 4.79 Å². The molecule has 2 aromatic carbocycles. The minimum atomic E-state index is -1.43. The number of rotatable bonds is 5. The fraction of sp³-hybridized carbons (Fsp3) is 0.0526. The second-order valence-corrected chi connectivity index (χ2v) is 6.18. The van der Waals surface area contributed by atoms with E-state index in [1.165, 1.54) is 25.3 Å². The largest absolute Gasteiger partial charge is 0.545 e. The van der Waals surface area contributed by atoms with E-state index < -0.39 is 17.7 Å². The van der Waals surface area contributed by atoms with Gasteiger partial charge < -0.3 is 20.0 Å². The molecule has 1 heterocycles. The topological polar surface area (TPSA) is 78.5 Å². The van der Waals surface area contributed by atoms with E-state index in [1.807, 2.05) is 0 Å². The monoisotopic (exact) mass is 370 g/mol. The van der Waals surface area contributed by atoms with Crippen LogP contribution in [-0.2, 0) is 0 Å². The van der Waals surface area contributed by atoms with Gasteiger partial charge in [-0.15, -0.1) is 11.3 Å². The maximum Gasteiger partial charge on any atom is 0.259 e. The zero-order valence-corrected chi connectivity index (χ0v) is 14.4. The molecule has 1 N–H and O–H groups in total. The van der Waals surface area contributed by atoms with Gasteiger partial charge in [-0.05, 0) is 29.8 Å². The highest BCUT2D eigenvalue weighted by molar-refractivity contribution is 7.15. The van der Waals surface area contributed by atoms with Crippen LogP contribution in [0.25, 0.3) is 11.1 Å². The molecule has 5 nitrogen and oxygen atoms in total. The average molecular weight is 370 g/mol. The van der Waals surface area contributed by atoms with Gasteiger partial charge in [-0.25, -0.2) is 4.39 Å². The van der Waals surface area contributed by atoms with Crippen LogP contribution in [0.1, 0.15) is 20.7 Å². The van der Waals surface area contributed by atoms with Gasteiger partial charge >= 0.3 is 0 Å². The Morgan fingerprint density at radius 2 is 1.81 bits per heavy atom. The molecule has 0 saturated heterocycles. The first-order valence-electron chi connectivity index (χ1n) is 7.54. The molecule has 0 bridgehead atoms. The SMILES string of the molecule is COc1ccc(-c2csc(NC(=O)c3ccccc3F)c2C(=O)[O-])cc1. The van der Waals surface area contributed by atoms with Crippen molar-refractivity contribution in [3.05, 3.63) is 70.9 Å². The smallest absolute Gasteiger partial charge is 0.259 e. The van der Waals surface area contributed by atoms with Crippen LogP contribution in [0.4, 0.5) is 9.39 Å². The second-order valence-electron chi connectivity index (χ2n) is 5.30. The number of hydrogen-bond acceptors (Lipinski definition) is 5. The van der Waals surface area contributed by atoms with Crippen LogP contribution in [-0.4, -0.2) is 19.0 Å². The van der Waals surface area contributed by atoms with E-state index in [0.717, 1.165) is 17.4 Å². The Morgan fingerprint density at radius 3 is 2.42 bits per heavy atom. The molecule has 0 unspecified atom stereocenters. The molecule has 0 aliphatic rings. The van der Waals surface area contributed by atoms with Crippen LogP contribution in [0, 0.1) is 5.82 Å². The number of methoxy groups -OCH3 is 1. The normalized spacial score (nSPS) is 10.4. The summed E-state index contributed by atoms with van der Waals surface area (Å²) in [5.41, 5.74) is 0.718. The van der Waals surface area contributed by atoms with Gasteiger partial charge in [0.25, 0.3) is 5.91 Å². The number of carbonyl (C=O) groups is 2. The van der Waals surface area contributed by atoms with Crippen molar-refractivity contribution in [2.24, 2.45) is 0 Å². The van der Waals surface area contributed by atoms with Gasteiger partial charge in [0.2, 0.25) is 0 Å². The third-order valence-electron chi connectivity index (χ3n) is 3.74. The molecular weight excluding hydrogens is 357 g/mol. The van der Waals surface area contributed by atoms with Crippen molar-refractivity contribution >= 4 is 28.2 Å². The maximum atomic E-state index is 13.7. The molecule has 1 aromatic heterocycles.